The van der Waals surface area contributed by atoms with Crippen LogP contribution in [0.3, 0.4) is 0 Å². The van der Waals surface area contributed by atoms with Gasteiger partial charge >= 0.3 is 0 Å². The van der Waals surface area contributed by atoms with Crippen LogP contribution in [0.1, 0.15) is 30.6 Å². The Morgan fingerprint density at radius 2 is 2.26 bits per heavy atom. The molecule has 1 aromatic rings. The molecule has 2 heterocycles. The summed E-state index contributed by atoms with van der Waals surface area (Å²) in [6, 6.07) is 3.51. The normalized spacial score (nSPS) is 18.3. The number of nitrogens with zero attached hydrogens (tertiary/aromatic N) is 3. The van der Waals surface area contributed by atoms with Gasteiger partial charge in [0.2, 0.25) is 0 Å². The summed E-state index contributed by atoms with van der Waals surface area (Å²) < 4.78 is 30.4. The van der Waals surface area contributed by atoms with Gasteiger partial charge in [-0.15, -0.1) is 0 Å². The van der Waals surface area contributed by atoms with Gasteiger partial charge < -0.3 is 14.5 Å². The zero-order valence-electron chi connectivity index (χ0n) is 13.5. The number of anilines is 1. The SMILES string of the molecule is CCCN(CC)c1ccc(C(=O)N2CCOC(C(F)F)C2)cn1. The van der Waals surface area contributed by atoms with Crippen molar-refractivity contribution in [3.8, 4) is 0 Å². The van der Waals surface area contributed by atoms with Gasteiger partial charge in [0, 0.05) is 25.8 Å². The zero-order chi connectivity index (χ0) is 16.8. The van der Waals surface area contributed by atoms with Crippen LogP contribution < -0.4 is 4.90 Å². The Hall–Kier alpha value is -1.76. The molecule has 1 atom stereocenters. The molecule has 1 fully saturated rings. The number of halogens is 2. The molecular weight excluding hydrogens is 304 g/mol. The van der Waals surface area contributed by atoms with Crippen molar-refractivity contribution in [3.05, 3.63) is 23.9 Å². The fourth-order valence-electron chi connectivity index (χ4n) is 2.60. The Bertz CT molecular complexity index is 511. The Labute approximate surface area is 135 Å². The minimum Gasteiger partial charge on any atom is -0.369 e. The summed E-state index contributed by atoms with van der Waals surface area (Å²) in [4.78, 5) is 20.3. The molecule has 0 spiro atoms. The molecule has 0 aliphatic carbocycles. The van der Waals surface area contributed by atoms with Crippen LogP contribution in [0.4, 0.5) is 14.6 Å². The molecule has 23 heavy (non-hydrogen) atoms. The summed E-state index contributed by atoms with van der Waals surface area (Å²) in [5.74, 6) is 0.537. The quantitative estimate of drug-likeness (QED) is 0.805. The van der Waals surface area contributed by atoms with Crippen molar-refractivity contribution < 1.29 is 18.3 Å². The van der Waals surface area contributed by atoms with Gasteiger partial charge in [0.1, 0.15) is 11.9 Å². The number of rotatable bonds is 6. The second-order valence-corrected chi connectivity index (χ2v) is 5.48. The van der Waals surface area contributed by atoms with Gasteiger partial charge in [-0.25, -0.2) is 13.8 Å². The third kappa shape index (κ3) is 4.37. The van der Waals surface area contributed by atoms with Crippen LogP contribution in [-0.4, -0.2) is 61.1 Å². The summed E-state index contributed by atoms with van der Waals surface area (Å²) in [6.45, 7) is 6.25. The predicted molar refractivity (Wildman–Crippen MR) is 84.1 cm³/mol. The lowest BCUT2D eigenvalue weighted by atomic mass is 10.2. The Kier molecular flexibility index (Phi) is 6.27. The average molecular weight is 327 g/mol. The van der Waals surface area contributed by atoms with E-state index in [2.05, 4.69) is 23.7 Å². The standard InChI is InChI=1S/C16H23F2N3O2/c1-3-7-20(4-2)14-6-5-12(10-19-14)16(22)21-8-9-23-13(11-21)15(17)18/h5-6,10,13,15H,3-4,7-9,11H2,1-2H3. The molecule has 1 amide bonds. The van der Waals surface area contributed by atoms with Gasteiger partial charge in [0.15, 0.2) is 0 Å². The van der Waals surface area contributed by atoms with E-state index in [0.717, 1.165) is 25.3 Å². The Balaban J connectivity index is 2.05. The maximum absolute atomic E-state index is 12.7. The van der Waals surface area contributed by atoms with Crippen molar-refractivity contribution in [2.75, 3.05) is 37.7 Å². The molecule has 128 valence electrons. The fraction of sp³-hybridized carbons (Fsp3) is 0.625. The molecule has 0 radical (unpaired) electrons. The lowest BCUT2D eigenvalue weighted by Crippen LogP contribution is -2.48. The van der Waals surface area contributed by atoms with E-state index in [1.807, 2.05) is 0 Å². The largest absolute Gasteiger partial charge is 0.369 e. The first kappa shape index (κ1) is 17.6. The number of alkyl halides is 2. The van der Waals surface area contributed by atoms with E-state index in [1.165, 1.54) is 11.1 Å². The number of hydrogen-bond donors (Lipinski definition) is 0. The van der Waals surface area contributed by atoms with E-state index < -0.39 is 12.5 Å². The second kappa shape index (κ2) is 8.19. The maximum atomic E-state index is 12.7. The predicted octanol–water partition coefficient (Wildman–Crippen LogP) is 2.42. The van der Waals surface area contributed by atoms with Crippen molar-refractivity contribution in [1.29, 1.82) is 0 Å². The fourth-order valence-corrected chi connectivity index (χ4v) is 2.60. The van der Waals surface area contributed by atoms with Crippen LogP contribution in [0, 0.1) is 0 Å². The molecule has 0 bridgehead atoms. The summed E-state index contributed by atoms with van der Waals surface area (Å²) in [5, 5.41) is 0. The highest BCUT2D eigenvalue weighted by molar-refractivity contribution is 5.94. The Morgan fingerprint density at radius 3 is 2.83 bits per heavy atom. The topological polar surface area (TPSA) is 45.7 Å². The highest BCUT2D eigenvalue weighted by Gasteiger charge is 2.30. The van der Waals surface area contributed by atoms with Gasteiger partial charge in [-0.3, -0.25) is 4.79 Å². The van der Waals surface area contributed by atoms with Crippen molar-refractivity contribution in [2.24, 2.45) is 0 Å². The molecule has 1 unspecified atom stereocenters. The number of morpholine rings is 1. The van der Waals surface area contributed by atoms with E-state index in [-0.39, 0.29) is 19.1 Å². The van der Waals surface area contributed by atoms with Gasteiger partial charge in [0.05, 0.1) is 18.7 Å². The molecule has 1 aliphatic rings. The van der Waals surface area contributed by atoms with Gasteiger partial charge in [-0.1, -0.05) is 6.92 Å². The smallest absolute Gasteiger partial charge is 0.266 e. The van der Waals surface area contributed by atoms with Gasteiger partial charge in [0.25, 0.3) is 12.3 Å². The number of amides is 1. The summed E-state index contributed by atoms with van der Waals surface area (Å²) >= 11 is 0. The summed E-state index contributed by atoms with van der Waals surface area (Å²) in [5.41, 5.74) is 0.413. The highest BCUT2D eigenvalue weighted by Crippen LogP contribution is 2.17. The molecule has 1 aromatic heterocycles. The van der Waals surface area contributed by atoms with E-state index in [9.17, 15) is 13.6 Å². The van der Waals surface area contributed by atoms with Crippen LogP contribution in [0.25, 0.3) is 0 Å². The van der Waals surface area contributed by atoms with Crippen LogP contribution in [0.2, 0.25) is 0 Å². The third-order valence-electron chi connectivity index (χ3n) is 3.86. The van der Waals surface area contributed by atoms with Crippen LogP contribution >= 0.6 is 0 Å². The number of carbonyl (C=O) groups excluding carboxylic acids is 1. The van der Waals surface area contributed by atoms with E-state index in [1.54, 1.807) is 12.1 Å². The molecule has 0 aromatic carbocycles. The summed E-state index contributed by atoms with van der Waals surface area (Å²) in [6.07, 6.45) is -1.26. The number of aromatic nitrogens is 1. The van der Waals surface area contributed by atoms with Crippen molar-refractivity contribution in [1.82, 2.24) is 9.88 Å². The van der Waals surface area contributed by atoms with E-state index in [4.69, 9.17) is 4.74 Å². The molecule has 1 aliphatic heterocycles. The first-order valence-electron chi connectivity index (χ1n) is 7.96. The van der Waals surface area contributed by atoms with Gasteiger partial charge in [-0.05, 0) is 25.5 Å². The van der Waals surface area contributed by atoms with Crippen LogP contribution in [0.15, 0.2) is 18.3 Å². The monoisotopic (exact) mass is 327 g/mol. The van der Waals surface area contributed by atoms with Crippen molar-refractivity contribution in [3.63, 3.8) is 0 Å². The average Bonchev–Trinajstić information content (AvgIpc) is 2.59. The molecule has 5 nitrogen and oxygen atoms in total. The first-order chi connectivity index (χ1) is 11.1. The first-order valence-corrected chi connectivity index (χ1v) is 7.96. The second-order valence-electron chi connectivity index (χ2n) is 5.48. The summed E-state index contributed by atoms with van der Waals surface area (Å²) in [7, 11) is 0. The highest BCUT2D eigenvalue weighted by atomic mass is 19.3. The lowest BCUT2D eigenvalue weighted by molar-refractivity contribution is -0.0942. The van der Waals surface area contributed by atoms with Crippen LogP contribution in [0.5, 0.6) is 0 Å². The molecule has 2 rings (SSSR count). The maximum Gasteiger partial charge on any atom is 0.266 e. The number of hydrogen-bond acceptors (Lipinski definition) is 4. The third-order valence-corrected chi connectivity index (χ3v) is 3.86. The molecular formula is C16H23F2N3O2. The molecule has 0 saturated carbocycles. The van der Waals surface area contributed by atoms with Crippen LogP contribution in [-0.2, 0) is 4.74 Å². The van der Waals surface area contributed by atoms with Gasteiger partial charge in [-0.2, -0.15) is 0 Å². The zero-order valence-corrected chi connectivity index (χ0v) is 13.5. The lowest BCUT2D eigenvalue weighted by Gasteiger charge is -2.32. The molecule has 1 saturated heterocycles. The minimum absolute atomic E-state index is 0.0881. The van der Waals surface area contributed by atoms with E-state index >= 15 is 0 Å². The van der Waals surface area contributed by atoms with Crippen molar-refractivity contribution in [2.45, 2.75) is 32.8 Å². The molecule has 7 heteroatoms. The molecule has 0 N–H and O–H groups in total. The number of pyridine rings is 1. The van der Waals surface area contributed by atoms with E-state index in [0.29, 0.717) is 12.1 Å². The number of carbonyl (C=O) groups is 1. The van der Waals surface area contributed by atoms with Crippen molar-refractivity contribution >= 4 is 11.7 Å². The Morgan fingerprint density at radius 1 is 1.48 bits per heavy atom. The number of ether oxygens (including phenoxy) is 1. The minimum atomic E-state index is -2.58.